The number of carbonyl (C=O) groups is 2. The topological polar surface area (TPSA) is 88.2 Å². The molecule has 0 bridgehead atoms. The first kappa shape index (κ1) is 17.6. The summed E-state index contributed by atoms with van der Waals surface area (Å²) < 4.78 is 0. The highest BCUT2D eigenvalue weighted by molar-refractivity contribution is 7.80. The molecule has 134 valence electrons. The molecule has 1 heterocycles. The zero-order valence-electron chi connectivity index (χ0n) is 15.0. The van der Waals surface area contributed by atoms with Crippen LogP contribution in [-0.2, 0) is 9.59 Å². The predicted molar refractivity (Wildman–Crippen MR) is 105 cm³/mol. The molecule has 1 aliphatic heterocycles. The van der Waals surface area contributed by atoms with Crippen LogP contribution in [0.25, 0.3) is 16.7 Å². The van der Waals surface area contributed by atoms with Gasteiger partial charge in [-0.15, -0.1) is 0 Å². The number of amides is 2. The summed E-state index contributed by atoms with van der Waals surface area (Å²) in [6, 6.07) is 14.6. The summed E-state index contributed by atoms with van der Waals surface area (Å²) >= 11 is 5.17. The first-order valence-corrected chi connectivity index (χ1v) is 8.74. The van der Waals surface area contributed by atoms with Crippen LogP contribution >= 0.6 is 12.2 Å². The molecule has 1 saturated heterocycles. The van der Waals surface area contributed by atoms with Crippen LogP contribution in [0, 0.1) is 22.7 Å². The molecule has 2 aromatic rings. The first-order chi connectivity index (χ1) is 13.4. The maximum Gasteiger partial charge on any atom is 0.266 e. The lowest BCUT2D eigenvalue weighted by atomic mass is 9.93. The summed E-state index contributed by atoms with van der Waals surface area (Å²) in [4.78, 5) is 28.5. The molecule has 2 amide bonds. The summed E-state index contributed by atoms with van der Waals surface area (Å²) in [6.07, 6.45) is 0. The molecular formula is C21H12N4O2S. The number of hydrogen-bond acceptors (Lipinski definition) is 5. The minimum atomic E-state index is -0.508. The van der Waals surface area contributed by atoms with Gasteiger partial charge in [-0.2, -0.15) is 10.5 Å². The molecule has 4 rings (SSSR count). The molecule has 0 N–H and O–H groups in total. The molecule has 1 fully saturated rings. The van der Waals surface area contributed by atoms with Crippen molar-refractivity contribution in [1.82, 2.24) is 9.80 Å². The second-order valence-corrected chi connectivity index (χ2v) is 6.84. The van der Waals surface area contributed by atoms with Gasteiger partial charge in [-0.3, -0.25) is 19.4 Å². The van der Waals surface area contributed by atoms with Crippen LogP contribution in [0.5, 0.6) is 0 Å². The molecule has 0 atom stereocenters. The summed E-state index contributed by atoms with van der Waals surface area (Å²) in [5, 5.41) is 19.1. The molecule has 7 heteroatoms. The minimum Gasteiger partial charge on any atom is -0.288 e. The normalized spacial score (nSPS) is 15.4. The second-order valence-electron chi connectivity index (χ2n) is 6.48. The van der Waals surface area contributed by atoms with E-state index in [1.165, 1.54) is 30.0 Å². The molecule has 0 aromatic heterocycles. The van der Waals surface area contributed by atoms with Crippen LogP contribution < -0.4 is 0 Å². The van der Waals surface area contributed by atoms with E-state index in [1.807, 2.05) is 18.2 Å². The van der Waals surface area contributed by atoms with Gasteiger partial charge >= 0.3 is 0 Å². The van der Waals surface area contributed by atoms with Crippen molar-refractivity contribution in [1.29, 1.82) is 10.5 Å². The zero-order valence-corrected chi connectivity index (χ0v) is 15.8. The minimum absolute atomic E-state index is 0.0243. The van der Waals surface area contributed by atoms with E-state index in [2.05, 4.69) is 6.07 Å². The van der Waals surface area contributed by atoms with Gasteiger partial charge in [0.2, 0.25) is 0 Å². The monoisotopic (exact) mass is 384 g/mol. The summed E-state index contributed by atoms with van der Waals surface area (Å²) in [7, 11) is 3.03. The van der Waals surface area contributed by atoms with Gasteiger partial charge in [-0.25, -0.2) is 0 Å². The fraction of sp³-hybridized carbons (Fsp3) is 0.0952. The molecule has 0 spiro atoms. The highest BCUT2D eigenvalue weighted by atomic mass is 32.1. The Bertz CT molecular complexity index is 1200. The smallest absolute Gasteiger partial charge is 0.266 e. The van der Waals surface area contributed by atoms with Crippen LogP contribution in [-0.4, -0.2) is 40.8 Å². The zero-order chi connectivity index (χ0) is 20.2. The van der Waals surface area contributed by atoms with E-state index in [-0.39, 0.29) is 16.2 Å². The van der Waals surface area contributed by atoms with E-state index in [0.717, 1.165) is 5.56 Å². The van der Waals surface area contributed by atoms with Gasteiger partial charge in [0.1, 0.15) is 5.57 Å². The van der Waals surface area contributed by atoms with Gasteiger partial charge in [-0.1, -0.05) is 24.3 Å². The van der Waals surface area contributed by atoms with Gasteiger partial charge in [-0.05, 0) is 41.0 Å². The second kappa shape index (κ2) is 6.12. The molecular weight excluding hydrogens is 372 g/mol. The SMILES string of the molecule is CN1C(=O)C(=C2c3ccccc3-c3c(C#N)cc(C#N)cc32)C(=O)N(C)C1=S. The molecule has 28 heavy (non-hydrogen) atoms. The lowest BCUT2D eigenvalue weighted by Gasteiger charge is -2.32. The van der Waals surface area contributed by atoms with E-state index in [1.54, 1.807) is 18.2 Å². The Balaban J connectivity index is 2.16. The van der Waals surface area contributed by atoms with Crippen molar-refractivity contribution in [2.45, 2.75) is 0 Å². The van der Waals surface area contributed by atoms with Crippen molar-refractivity contribution in [2.24, 2.45) is 0 Å². The Morgan fingerprint density at radius 2 is 1.46 bits per heavy atom. The largest absolute Gasteiger partial charge is 0.288 e. The van der Waals surface area contributed by atoms with E-state index in [0.29, 0.717) is 27.8 Å². The molecule has 2 aromatic carbocycles. The number of hydrogen-bond donors (Lipinski definition) is 0. The third-order valence-electron chi connectivity index (χ3n) is 4.98. The predicted octanol–water partition coefficient (Wildman–Crippen LogP) is 2.43. The van der Waals surface area contributed by atoms with Gasteiger partial charge < -0.3 is 0 Å². The lowest BCUT2D eigenvalue weighted by molar-refractivity contribution is -0.132. The Kier molecular flexibility index (Phi) is 3.85. The summed E-state index contributed by atoms with van der Waals surface area (Å²) in [5.74, 6) is -1.02. The average Bonchev–Trinajstić information content (AvgIpc) is 3.04. The average molecular weight is 384 g/mol. The maximum atomic E-state index is 13.0. The highest BCUT2D eigenvalue weighted by Gasteiger charge is 2.41. The van der Waals surface area contributed by atoms with Gasteiger partial charge in [0.15, 0.2) is 5.11 Å². The molecule has 6 nitrogen and oxygen atoms in total. The van der Waals surface area contributed by atoms with Crippen LogP contribution in [0.15, 0.2) is 42.0 Å². The number of nitrogens with zero attached hydrogens (tertiary/aromatic N) is 4. The standard InChI is InChI=1S/C21H12N4O2S/c1-24-19(26)18(20(27)25(2)21(24)28)17-14-6-4-3-5-13(14)16-12(10-23)7-11(9-22)8-15(16)17/h3-8H,1-2H3. The van der Waals surface area contributed by atoms with Crippen molar-refractivity contribution in [3.8, 4) is 23.3 Å². The summed E-state index contributed by atoms with van der Waals surface area (Å²) in [5.41, 5.74) is 3.59. The Morgan fingerprint density at radius 3 is 2.04 bits per heavy atom. The Labute approximate surface area is 166 Å². The fourth-order valence-electron chi connectivity index (χ4n) is 3.66. The highest BCUT2D eigenvalue weighted by Crippen LogP contribution is 2.48. The lowest BCUT2D eigenvalue weighted by Crippen LogP contribution is -2.53. The molecule has 1 aliphatic carbocycles. The molecule has 2 aliphatic rings. The Hall–Kier alpha value is -3.81. The maximum absolute atomic E-state index is 13.0. The van der Waals surface area contributed by atoms with E-state index < -0.39 is 11.8 Å². The number of fused-ring (bicyclic) bond motifs is 3. The van der Waals surface area contributed by atoms with Crippen LogP contribution in [0.2, 0.25) is 0 Å². The number of rotatable bonds is 0. The van der Waals surface area contributed by atoms with Gasteiger partial charge in [0.25, 0.3) is 11.8 Å². The molecule has 0 saturated carbocycles. The van der Waals surface area contributed by atoms with Crippen LogP contribution in [0.1, 0.15) is 22.3 Å². The number of benzene rings is 2. The first-order valence-electron chi connectivity index (χ1n) is 8.33. The number of thiocarbonyl (C=S) groups is 1. The number of carbonyl (C=O) groups excluding carboxylic acids is 2. The van der Waals surface area contributed by atoms with Gasteiger partial charge in [0.05, 0.1) is 23.3 Å². The van der Waals surface area contributed by atoms with Crippen molar-refractivity contribution < 1.29 is 9.59 Å². The molecule has 0 unspecified atom stereocenters. The third kappa shape index (κ3) is 2.21. The van der Waals surface area contributed by atoms with Crippen molar-refractivity contribution >= 4 is 34.7 Å². The molecule has 0 radical (unpaired) electrons. The van der Waals surface area contributed by atoms with Gasteiger partial charge in [0, 0.05) is 25.2 Å². The van der Waals surface area contributed by atoms with E-state index in [9.17, 15) is 20.1 Å². The van der Waals surface area contributed by atoms with E-state index in [4.69, 9.17) is 12.2 Å². The number of likely N-dealkylation sites (N-methyl/N-ethyl adjacent to an activating group) is 2. The van der Waals surface area contributed by atoms with E-state index >= 15 is 0 Å². The third-order valence-corrected chi connectivity index (χ3v) is 5.53. The van der Waals surface area contributed by atoms with Crippen molar-refractivity contribution in [3.63, 3.8) is 0 Å². The number of nitriles is 2. The van der Waals surface area contributed by atoms with Crippen molar-refractivity contribution in [3.05, 3.63) is 64.2 Å². The van der Waals surface area contributed by atoms with Crippen LogP contribution in [0.3, 0.4) is 0 Å². The Morgan fingerprint density at radius 1 is 0.857 bits per heavy atom. The van der Waals surface area contributed by atoms with Crippen molar-refractivity contribution in [2.75, 3.05) is 14.1 Å². The fourth-order valence-corrected chi connectivity index (χ4v) is 3.82. The quantitative estimate of drug-likeness (QED) is 0.337. The van der Waals surface area contributed by atoms with Crippen LogP contribution in [0.4, 0.5) is 0 Å². The summed E-state index contributed by atoms with van der Waals surface area (Å²) in [6.45, 7) is 0.